The Labute approximate surface area is 352 Å². The molecule has 1 fully saturated rings. The van der Waals surface area contributed by atoms with Crippen LogP contribution in [-0.4, -0.2) is 96.0 Å². The van der Waals surface area contributed by atoms with Crippen LogP contribution in [0.3, 0.4) is 0 Å². The average molecular weight is 849 g/mol. The molecule has 1 aliphatic heterocycles. The topological polar surface area (TPSA) is 186 Å². The van der Waals surface area contributed by atoms with E-state index in [-0.39, 0.29) is 19.4 Å². The summed E-state index contributed by atoms with van der Waals surface area (Å²) in [5.41, 5.74) is 0. The number of aliphatic hydroxyl groups is 3. The van der Waals surface area contributed by atoms with Gasteiger partial charge >= 0.3 is 11.9 Å². The van der Waals surface area contributed by atoms with Crippen LogP contribution in [0, 0.1) is 0 Å². The molecule has 4 N–H and O–H groups in total. The second-order valence-electron chi connectivity index (χ2n) is 16.4. The number of hydrogen-bond donors (Lipinski definition) is 4. The van der Waals surface area contributed by atoms with Gasteiger partial charge < -0.3 is 34.3 Å². The lowest BCUT2D eigenvalue weighted by atomic mass is 10.00. The van der Waals surface area contributed by atoms with Crippen molar-refractivity contribution in [3.8, 4) is 0 Å². The molecule has 342 valence electrons. The van der Waals surface area contributed by atoms with Gasteiger partial charge in [-0.2, -0.15) is 8.42 Å². The molecule has 13 heteroatoms. The summed E-state index contributed by atoms with van der Waals surface area (Å²) in [6, 6.07) is 0. The molecule has 0 spiro atoms. The summed E-state index contributed by atoms with van der Waals surface area (Å²) in [4.78, 5) is 25.4. The highest BCUT2D eigenvalue weighted by molar-refractivity contribution is 7.85. The largest absolute Gasteiger partial charge is 0.462 e. The Kier molecular flexibility index (Phi) is 33.8. The van der Waals surface area contributed by atoms with Crippen molar-refractivity contribution in [1.82, 2.24) is 0 Å². The third kappa shape index (κ3) is 30.4. The monoisotopic (exact) mass is 849 g/mol. The predicted octanol–water partition coefficient (Wildman–Crippen LogP) is 9.45. The lowest BCUT2D eigenvalue weighted by Gasteiger charge is -2.40. The fourth-order valence-electron chi connectivity index (χ4n) is 7.20. The van der Waals surface area contributed by atoms with E-state index in [1.807, 2.05) is 0 Å². The maximum Gasteiger partial charge on any atom is 0.306 e. The second kappa shape index (κ2) is 36.1. The van der Waals surface area contributed by atoms with Crippen LogP contribution in [0.1, 0.15) is 206 Å². The number of esters is 2. The highest BCUT2D eigenvalue weighted by Crippen LogP contribution is 2.24. The van der Waals surface area contributed by atoms with Gasteiger partial charge in [0.1, 0.15) is 36.8 Å². The highest BCUT2D eigenvalue weighted by atomic mass is 32.2. The molecule has 58 heavy (non-hydrogen) atoms. The van der Waals surface area contributed by atoms with Gasteiger partial charge in [-0.3, -0.25) is 14.1 Å². The number of aliphatic hydroxyl groups excluding tert-OH is 3. The SMILES string of the molecule is CCCCCCC/C=C\CCCCCCCC(=O)OC(COC(=O)CCCCCCCCCCCCCCCCCC)COC1OC(CS(=O)(=O)O)C(O)C(O)C1O. The zero-order valence-corrected chi connectivity index (χ0v) is 37.2. The molecular formula is C45H84O12S. The summed E-state index contributed by atoms with van der Waals surface area (Å²) >= 11 is 0. The van der Waals surface area contributed by atoms with Crippen LogP contribution in [0.5, 0.6) is 0 Å². The minimum absolute atomic E-state index is 0.158. The van der Waals surface area contributed by atoms with Crippen LogP contribution in [-0.2, 0) is 38.7 Å². The Balaban J connectivity index is 2.43. The van der Waals surface area contributed by atoms with Crippen molar-refractivity contribution in [3.05, 3.63) is 12.2 Å². The van der Waals surface area contributed by atoms with Crippen LogP contribution in [0.2, 0.25) is 0 Å². The molecule has 0 bridgehead atoms. The molecule has 6 unspecified atom stereocenters. The van der Waals surface area contributed by atoms with Gasteiger partial charge in [0.05, 0.1) is 6.61 Å². The van der Waals surface area contributed by atoms with E-state index in [2.05, 4.69) is 26.0 Å². The van der Waals surface area contributed by atoms with Crippen LogP contribution >= 0.6 is 0 Å². The summed E-state index contributed by atoms with van der Waals surface area (Å²) in [5.74, 6) is -1.98. The predicted molar refractivity (Wildman–Crippen MR) is 229 cm³/mol. The zero-order chi connectivity index (χ0) is 42.7. The van der Waals surface area contributed by atoms with Gasteiger partial charge in [-0.15, -0.1) is 0 Å². The molecular weight excluding hydrogens is 765 g/mol. The van der Waals surface area contributed by atoms with Gasteiger partial charge in [0.2, 0.25) is 0 Å². The molecule has 6 atom stereocenters. The van der Waals surface area contributed by atoms with E-state index in [1.54, 1.807) is 0 Å². The molecule has 0 aromatic heterocycles. The highest BCUT2D eigenvalue weighted by Gasteiger charge is 2.46. The molecule has 0 aromatic carbocycles. The number of unbranched alkanes of at least 4 members (excludes halogenated alkanes) is 25. The molecule has 12 nitrogen and oxygen atoms in total. The number of allylic oxidation sites excluding steroid dienone is 2. The number of ether oxygens (including phenoxy) is 4. The van der Waals surface area contributed by atoms with E-state index in [4.69, 9.17) is 18.9 Å². The van der Waals surface area contributed by atoms with Crippen molar-refractivity contribution in [3.63, 3.8) is 0 Å². The first-order valence-corrected chi connectivity index (χ1v) is 24.9. The quantitative estimate of drug-likeness (QED) is 0.0199. The summed E-state index contributed by atoms with van der Waals surface area (Å²) < 4.78 is 54.1. The number of rotatable bonds is 39. The van der Waals surface area contributed by atoms with Gasteiger partial charge in [-0.05, 0) is 38.5 Å². The van der Waals surface area contributed by atoms with Crippen molar-refractivity contribution in [1.29, 1.82) is 0 Å². The van der Waals surface area contributed by atoms with Crippen LogP contribution in [0.15, 0.2) is 12.2 Å². The van der Waals surface area contributed by atoms with E-state index in [0.29, 0.717) is 12.8 Å². The first-order valence-electron chi connectivity index (χ1n) is 23.2. The maximum atomic E-state index is 12.8. The zero-order valence-electron chi connectivity index (χ0n) is 36.4. The Morgan fingerprint density at radius 3 is 1.43 bits per heavy atom. The van der Waals surface area contributed by atoms with Crippen molar-refractivity contribution in [2.75, 3.05) is 19.0 Å². The van der Waals surface area contributed by atoms with Crippen molar-refractivity contribution in [2.45, 2.75) is 243 Å². The molecule has 0 amide bonds. The summed E-state index contributed by atoms with van der Waals surface area (Å²) in [7, 11) is -4.60. The molecule has 1 rings (SSSR count). The molecule has 1 heterocycles. The molecule has 1 saturated heterocycles. The smallest absolute Gasteiger partial charge is 0.306 e. The lowest BCUT2D eigenvalue weighted by Crippen LogP contribution is -2.60. The molecule has 0 saturated carbocycles. The first-order chi connectivity index (χ1) is 28.0. The minimum atomic E-state index is -4.60. The Bertz CT molecular complexity index is 1130. The Morgan fingerprint density at radius 2 is 0.983 bits per heavy atom. The third-order valence-electron chi connectivity index (χ3n) is 10.8. The van der Waals surface area contributed by atoms with Gasteiger partial charge in [-0.25, -0.2) is 0 Å². The molecule has 0 radical (unpaired) electrons. The summed E-state index contributed by atoms with van der Waals surface area (Å²) in [6.45, 7) is 3.76. The van der Waals surface area contributed by atoms with E-state index < -0.39 is 71.2 Å². The second-order valence-corrected chi connectivity index (χ2v) is 17.9. The van der Waals surface area contributed by atoms with Gasteiger partial charge in [0.25, 0.3) is 10.1 Å². The Morgan fingerprint density at radius 1 is 0.569 bits per heavy atom. The van der Waals surface area contributed by atoms with Crippen LogP contribution in [0.4, 0.5) is 0 Å². The van der Waals surface area contributed by atoms with E-state index >= 15 is 0 Å². The standard InChI is InChI=1S/C45H84O12S/c1-3-5-7-9-11-13-15-17-19-20-22-23-25-27-29-31-33-40(46)54-35-38(36-55-45-44(50)43(49)42(48)39(57-45)37-58(51,52)53)56-41(47)34-32-30-28-26-24-21-18-16-14-12-10-8-6-4-2/h16,18,38-39,42-45,48-50H,3-15,17,19-37H2,1-2H3,(H,51,52,53)/b18-16-. The van der Waals surface area contributed by atoms with Crippen molar-refractivity contribution in [2.24, 2.45) is 0 Å². The lowest BCUT2D eigenvalue weighted by molar-refractivity contribution is -0.297. The molecule has 0 aromatic rings. The number of carbonyl (C=O) groups is 2. The van der Waals surface area contributed by atoms with E-state index in [0.717, 1.165) is 57.8 Å². The summed E-state index contributed by atoms with van der Waals surface area (Å²) in [6.07, 6.45) is 28.2. The van der Waals surface area contributed by atoms with E-state index in [1.165, 1.54) is 109 Å². The first kappa shape index (κ1) is 54.4. The fourth-order valence-corrected chi connectivity index (χ4v) is 7.89. The van der Waals surface area contributed by atoms with Crippen LogP contribution in [0.25, 0.3) is 0 Å². The fraction of sp³-hybridized carbons (Fsp3) is 0.911. The van der Waals surface area contributed by atoms with Crippen molar-refractivity contribution >= 4 is 22.1 Å². The van der Waals surface area contributed by atoms with E-state index in [9.17, 15) is 37.9 Å². The van der Waals surface area contributed by atoms with Gasteiger partial charge in [-0.1, -0.05) is 167 Å². The van der Waals surface area contributed by atoms with Gasteiger partial charge in [0.15, 0.2) is 12.4 Å². The van der Waals surface area contributed by atoms with Crippen LogP contribution < -0.4 is 0 Å². The van der Waals surface area contributed by atoms with Gasteiger partial charge in [0, 0.05) is 12.8 Å². The summed E-state index contributed by atoms with van der Waals surface area (Å²) in [5, 5.41) is 30.9. The Hall–Kier alpha value is -1.61. The molecule has 0 aliphatic carbocycles. The molecule has 1 aliphatic rings. The third-order valence-corrected chi connectivity index (χ3v) is 11.6. The van der Waals surface area contributed by atoms with Crippen molar-refractivity contribution < 1.29 is 56.8 Å². The number of carbonyl (C=O) groups excluding carboxylic acids is 2. The number of hydrogen-bond acceptors (Lipinski definition) is 11. The minimum Gasteiger partial charge on any atom is -0.462 e. The maximum absolute atomic E-state index is 12.8. The average Bonchev–Trinajstić information content (AvgIpc) is 3.18. The normalized spacial score (nSPS) is 20.4.